The molecule has 0 radical (unpaired) electrons. The number of amides is 2. The van der Waals surface area contributed by atoms with E-state index in [0.29, 0.717) is 0 Å². The first-order valence-corrected chi connectivity index (χ1v) is 4.91. The van der Waals surface area contributed by atoms with Crippen molar-refractivity contribution in [3.8, 4) is 0 Å². The maximum absolute atomic E-state index is 11.6. The van der Waals surface area contributed by atoms with E-state index in [0.717, 1.165) is 12.3 Å². The number of hydrogen-bond donors (Lipinski definition) is 4. The zero-order valence-corrected chi connectivity index (χ0v) is 9.17. The number of primary amides is 1. The van der Waals surface area contributed by atoms with Gasteiger partial charge in [0.15, 0.2) is 5.43 Å². The molecule has 0 saturated carbocycles. The van der Waals surface area contributed by atoms with Gasteiger partial charge in [-0.05, 0) is 0 Å². The maximum atomic E-state index is 11.6. The maximum Gasteiger partial charge on any atom is 0.326 e. The van der Waals surface area contributed by atoms with Crippen molar-refractivity contribution in [2.75, 3.05) is 0 Å². The fraction of sp³-hybridized carbons (Fsp3) is 0.200. The largest absolute Gasteiger partial charge is 0.480 e. The summed E-state index contributed by atoms with van der Waals surface area (Å²) in [6.45, 7) is 0. The van der Waals surface area contributed by atoms with Gasteiger partial charge in [0.25, 0.3) is 5.91 Å². The topological polar surface area (TPSA) is 142 Å². The van der Waals surface area contributed by atoms with E-state index in [9.17, 15) is 19.2 Å². The molecule has 18 heavy (non-hydrogen) atoms. The summed E-state index contributed by atoms with van der Waals surface area (Å²) in [5.74, 6) is -3.16. The molecule has 8 heteroatoms. The van der Waals surface area contributed by atoms with E-state index < -0.39 is 35.7 Å². The Morgan fingerprint density at radius 1 is 1.44 bits per heavy atom. The molecule has 0 saturated heterocycles. The summed E-state index contributed by atoms with van der Waals surface area (Å²) in [4.78, 5) is 46.9. The lowest BCUT2D eigenvalue weighted by atomic mass is 10.1. The third-order valence-corrected chi connectivity index (χ3v) is 2.08. The van der Waals surface area contributed by atoms with Crippen molar-refractivity contribution in [3.05, 3.63) is 34.2 Å². The smallest absolute Gasteiger partial charge is 0.326 e. The van der Waals surface area contributed by atoms with Gasteiger partial charge in [0.1, 0.15) is 11.6 Å². The molecule has 0 aromatic carbocycles. The van der Waals surface area contributed by atoms with Crippen LogP contribution >= 0.6 is 0 Å². The molecule has 96 valence electrons. The molecule has 5 N–H and O–H groups in total. The van der Waals surface area contributed by atoms with Crippen LogP contribution in [0.15, 0.2) is 23.3 Å². The van der Waals surface area contributed by atoms with Gasteiger partial charge in [0.2, 0.25) is 5.91 Å². The van der Waals surface area contributed by atoms with Gasteiger partial charge in [-0.1, -0.05) is 0 Å². The number of rotatable bonds is 5. The number of H-pyrrole nitrogens is 1. The van der Waals surface area contributed by atoms with Crippen molar-refractivity contribution >= 4 is 17.8 Å². The second-order valence-corrected chi connectivity index (χ2v) is 3.46. The fourth-order valence-electron chi connectivity index (χ4n) is 1.23. The van der Waals surface area contributed by atoms with Crippen molar-refractivity contribution < 1.29 is 19.5 Å². The average molecular weight is 253 g/mol. The minimum atomic E-state index is -1.46. The lowest BCUT2D eigenvalue weighted by Crippen LogP contribution is -2.44. The number of carbonyl (C=O) groups is 3. The number of aromatic amines is 1. The summed E-state index contributed by atoms with van der Waals surface area (Å²) in [5.41, 5.74) is 4.05. The molecule has 0 aliphatic heterocycles. The quantitative estimate of drug-likeness (QED) is 0.501. The normalized spacial score (nSPS) is 11.6. The standard InChI is InChI=1S/C10H11N3O5/c11-8(15)3-6(10(17)18)13-9(16)5-4-12-2-1-7(5)14/h1-2,4,6H,3H2,(H2,11,15)(H,12,14)(H,13,16)(H,17,18). The van der Waals surface area contributed by atoms with E-state index in [1.165, 1.54) is 6.20 Å². The molecule has 0 spiro atoms. The Morgan fingerprint density at radius 3 is 2.61 bits per heavy atom. The number of hydrogen-bond acceptors (Lipinski definition) is 4. The lowest BCUT2D eigenvalue weighted by Gasteiger charge is -2.12. The van der Waals surface area contributed by atoms with Crippen molar-refractivity contribution in [3.63, 3.8) is 0 Å². The zero-order chi connectivity index (χ0) is 13.7. The number of pyridine rings is 1. The van der Waals surface area contributed by atoms with Gasteiger partial charge in [-0.25, -0.2) is 4.79 Å². The van der Waals surface area contributed by atoms with Crippen molar-refractivity contribution in [1.29, 1.82) is 0 Å². The summed E-state index contributed by atoms with van der Waals surface area (Å²) < 4.78 is 0. The molecule has 0 aliphatic carbocycles. The first-order valence-electron chi connectivity index (χ1n) is 4.91. The number of aliphatic carboxylic acids is 1. The molecule has 1 unspecified atom stereocenters. The number of nitrogens with one attached hydrogen (secondary N) is 2. The SMILES string of the molecule is NC(=O)CC(NC(=O)c1c[nH]ccc1=O)C(=O)O. The lowest BCUT2D eigenvalue weighted by molar-refractivity contribution is -0.140. The van der Waals surface area contributed by atoms with Gasteiger partial charge >= 0.3 is 5.97 Å². The van der Waals surface area contributed by atoms with Crippen LogP contribution in [0.3, 0.4) is 0 Å². The van der Waals surface area contributed by atoms with Crippen molar-refractivity contribution in [1.82, 2.24) is 10.3 Å². The predicted octanol–water partition coefficient (Wildman–Crippen LogP) is -1.57. The van der Waals surface area contributed by atoms with Crippen LogP contribution < -0.4 is 16.5 Å². The Bertz CT molecular complexity index is 536. The molecular formula is C10H11N3O5. The van der Waals surface area contributed by atoms with Gasteiger partial charge in [0, 0.05) is 18.5 Å². The van der Waals surface area contributed by atoms with Gasteiger partial charge in [-0.2, -0.15) is 0 Å². The summed E-state index contributed by atoms with van der Waals surface area (Å²) in [6.07, 6.45) is 1.92. The number of carboxylic acid groups (broad SMARTS) is 1. The first-order chi connectivity index (χ1) is 8.41. The minimum Gasteiger partial charge on any atom is -0.480 e. The molecule has 1 rings (SSSR count). The summed E-state index contributed by atoms with van der Waals surface area (Å²) in [5, 5.41) is 10.8. The Hall–Kier alpha value is -2.64. The van der Waals surface area contributed by atoms with Crippen molar-refractivity contribution in [2.24, 2.45) is 5.73 Å². The van der Waals surface area contributed by atoms with Gasteiger partial charge in [-0.3, -0.25) is 14.4 Å². The highest BCUT2D eigenvalue weighted by Crippen LogP contribution is 1.95. The minimum absolute atomic E-state index is 0.242. The highest BCUT2D eigenvalue weighted by Gasteiger charge is 2.23. The Labute approximate surface area is 101 Å². The van der Waals surface area contributed by atoms with Crippen LogP contribution in [0.2, 0.25) is 0 Å². The number of carbonyl (C=O) groups excluding carboxylic acids is 2. The third kappa shape index (κ3) is 3.44. The van der Waals surface area contributed by atoms with Crippen LogP contribution in [0, 0.1) is 0 Å². The van der Waals surface area contributed by atoms with E-state index in [-0.39, 0.29) is 5.56 Å². The van der Waals surface area contributed by atoms with Crippen LogP contribution in [-0.4, -0.2) is 33.9 Å². The van der Waals surface area contributed by atoms with E-state index in [4.69, 9.17) is 10.8 Å². The average Bonchev–Trinajstić information content (AvgIpc) is 2.27. The van der Waals surface area contributed by atoms with Crippen LogP contribution in [0.5, 0.6) is 0 Å². The van der Waals surface area contributed by atoms with Crippen LogP contribution in [0.25, 0.3) is 0 Å². The molecule has 1 atom stereocenters. The second kappa shape index (κ2) is 5.62. The summed E-state index contributed by atoms with van der Waals surface area (Å²) in [7, 11) is 0. The number of carboxylic acids is 1. The van der Waals surface area contributed by atoms with Gasteiger partial charge in [0.05, 0.1) is 6.42 Å². The molecule has 1 aromatic heterocycles. The van der Waals surface area contributed by atoms with Crippen molar-refractivity contribution in [2.45, 2.75) is 12.5 Å². The van der Waals surface area contributed by atoms with Gasteiger partial charge in [-0.15, -0.1) is 0 Å². The zero-order valence-electron chi connectivity index (χ0n) is 9.17. The highest BCUT2D eigenvalue weighted by molar-refractivity contribution is 5.97. The molecule has 0 bridgehead atoms. The molecule has 1 aromatic rings. The Morgan fingerprint density at radius 2 is 2.11 bits per heavy atom. The van der Waals surface area contributed by atoms with E-state index in [2.05, 4.69) is 4.98 Å². The Balaban J connectivity index is 2.85. The molecule has 1 heterocycles. The summed E-state index contributed by atoms with van der Waals surface area (Å²) in [6, 6.07) is -0.340. The number of aromatic nitrogens is 1. The first kappa shape index (κ1) is 13.4. The Kier molecular flexibility index (Phi) is 4.19. The molecule has 0 fully saturated rings. The monoisotopic (exact) mass is 253 g/mol. The van der Waals surface area contributed by atoms with Gasteiger partial charge < -0.3 is 21.1 Å². The molecule has 2 amide bonds. The van der Waals surface area contributed by atoms with Crippen LogP contribution in [-0.2, 0) is 9.59 Å². The number of nitrogens with two attached hydrogens (primary N) is 1. The van der Waals surface area contributed by atoms with E-state index in [1.54, 1.807) is 0 Å². The van der Waals surface area contributed by atoms with E-state index >= 15 is 0 Å². The second-order valence-electron chi connectivity index (χ2n) is 3.46. The third-order valence-electron chi connectivity index (χ3n) is 2.08. The molecular weight excluding hydrogens is 242 g/mol. The van der Waals surface area contributed by atoms with Crippen LogP contribution in [0.1, 0.15) is 16.8 Å². The molecule has 8 nitrogen and oxygen atoms in total. The van der Waals surface area contributed by atoms with E-state index in [1.807, 2.05) is 5.32 Å². The predicted molar refractivity (Wildman–Crippen MR) is 59.8 cm³/mol. The molecule has 0 aliphatic rings. The summed E-state index contributed by atoms with van der Waals surface area (Å²) >= 11 is 0. The highest BCUT2D eigenvalue weighted by atomic mass is 16.4. The van der Waals surface area contributed by atoms with Crippen LogP contribution in [0.4, 0.5) is 0 Å². The fourth-order valence-corrected chi connectivity index (χ4v) is 1.23.